The number of allylic oxidation sites excluding steroid dienone is 1. The molecule has 0 aromatic carbocycles. The van der Waals surface area contributed by atoms with Gasteiger partial charge in [-0.15, -0.1) is 0 Å². The number of fused-ring (bicyclic) bond motifs is 2. The number of hydrogen-bond donors (Lipinski definition) is 0. The van der Waals surface area contributed by atoms with Gasteiger partial charge < -0.3 is 4.74 Å². The number of epoxide rings is 1. The highest BCUT2D eigenvalue weighted by Crippen LogP contribution is 2.75. The summed E-state index contributed by atoms with van der Waals surface area (Å²) in [6.45, 7) is 8.56. The highest BCUT2D eigenvalue weighted by molar-refractivity contribution is 6.00. The van der Waals surface area contributed by atoms with E-state index in [1.807, 2.05) is 0 Å². The zero-order valence-electron chi connectivity index (χ0n) is 9.95. The lowest BCUT2D eigenvalue weighted by molar-refractivity contribution is -0.119. The Morgan fingerprint density at radius 2 is 2.06 bits per heavy atom. The van der Waals surface area contributed by atoms with Gasteiger partial charge in [0.15, 0.2) is 5.78 Å². The summed E-state index contributed by atoms with van der Waals surface area (Å²) in [4.78, 5) is 12.2. The predicted molar refractivity (Wildman–Crippen MR) is 59.9 cm³/mol. The molecule has 4 fully saturated rings. The van der Waals surface area contributed by atoms with Gasteiger partial charge in [0, 0.05) is 17.3 Å². The third-order valence-electron chi connectivity index (χ3n) is 5.97. The molecular formula is C14H18O2. The molecule has 1 spiro atoms. The van der Waals surface area contributed by atoms with E-state index < -0.39 is 0 Å². The first kappa shape index (κ1) is 9.41. The van der Waals surface area contributed by atoms with Gasteiger partial charge in [-0.3, -0.25) is 4.79 Å². The van der Waals surface area contributed by atoms with Gasteiger partial charge in [-0.25, -0.2) is 0 Å². The molecule has 1 saturated heterocycles. The van der Waals surface area contributed by atoms with Crippen LogP contribution in [0.2, 0.25) is 0 Å². The summed E-state index contributed by atoms with van der Waals surface area (Å²) in [5.41, 5.74) is 1.10. The molecule has 4 aliphatic rings. The lowest BCUT2D eigenvalue weighted by Crippen LogP contribution is -2.35. The van der Waals surface area contributed by atoms with Crippen molar-refractivity contribution in [3.8, 4) is 0 Å². The largest absolute Gasteiger partial charge is 0.365 e. The summed E-state index contributed by atoms with van der Waals surface area (Å²) in [6.07, 6.45) is 3.72. The standard InChI is InChI=1S/C14H18O2/c1-7-6-9-11(12(7)15)8-4-5-10-14(8,16-10)13(9,2)3/h8-11H,1,4-6H2,2-3H3. The summed E-state index contributed by atoms with van der Waals surface area (Å²) in [6, 6.07) is 0. The normalized spacial score (nSPS) is 56.1. The van der Waals surface area contributed by atoms with Gasteiger partial charge in [0.1, 0.15) is 5.60 Å². The Morgan fingerprint density at radius 1 is 1.31 bits per heavy atom. The molecule has 2 nitrogen and oxygen atoms in total. The summed E-state index contributed by atoms with van der Waals surface area (Å²) in [5, 5.41) is 0. The minimum absolute atomic E-state index is 0.0681. The topological polar surface area (TPSA) is 29.6 Å². The van der Waals surface area contributed by atoms with E-state index in [1.54, 1.807) is 0 Å². The Kier molecular flexibility index (Phi) is 1.36. The molecular weight excluding hydrogens is 200 g/mol. The average Bonchev–Trinajstić information content (AvgIpc) is 2.68. The van der Waals surface area contributed by atoms with Crippen LogP contribution in [0.3, 0.4) is 0 Å². The molecule has 0 aromatic rings. The number of rotatable bonds is 0. The number of carbonyl (C=O) groups excluding carboxylic acids is 1. The minimum Gasteiger partial charge on any atom is -0.365 e. The van der Waals surface area contributed by atoms with Crippen molar-refractivity contribution >= 4 is 5.78 Å². The second-order valence-electron chi connectivity index (χ2n) is 6.61. The van der Waals surface area contributed by atoms with Gasteiger partial charge in [0.05, 0.1) is 6.10 Å². The summed E-state index contributed by atoms with van der Waals surface area (Å²) >= 11 is 0. The molecule has 0 bridgehead atoms. The van der Waals surface area contributed by atoms with Crippen molar-refractivity contribution in [2.24, 2.45) is 23.2 Å². The fourth-order valence-electron chi connectivity index (χ4n) is 5.21. The number of ketones is 1. The molecule has 3 aliphatic carbocycles. The Hall–Kier alpha value is -0.630. The van der Waals surface area contributed by atoms with Crippen molar-refractivity contribution < 1.29 is 9.53 Å². The van der Waals surface area contributed by atoms with E-state index in [4.69, 9.17) is 4.74 Å². The molecule has 5 atom stereocenters. The SMILES string of the molecule is C=C1CC2C(C1=O)C1CCC3OC31C2(C)C. The van der Waals surface area contributed by atoms with Gasteiger partial charge >= 0.3 is 0 Å². The Bertz CT molecular complexity index is 422. The first-order valence-electron chi connectivity index (χ1n) is 6.40. The van der Waals surface area contributed by atoms with Gasteiger partial charge in [-0.05, 0) is 30.8 Å². The maximum atomic E-state index is 12.2. The van der Waals surface area contributed by atoms with Crippen LogP contribution in [0.15, 0.2) is 12.2 Å². The van der Waals surface area contributed by atoms with E-state index in [-0.39, 0.29) is 16.9 Å². The van der Waals surface area contributed by atoms with E-state index in [0.29, 0.717) is 23.7 Å². The molecule has 86 valence electrons. The van der Waals surface area contributed by atoms with E-state index in [2.05, 4.69) is 20.4 Å². The van der Waals surface area contributed by atoms with Crippen molar-refractivity contribution in [1.82, 2.24) is 0 Å². The summed E-state index contributed by atoms with van der Waals surface area (Å²) in [7, 11) is 0. The van der Waals surface area contributed by atoms with Crippen molar-refractivity contribution in [3.63, 3.8) is 0 Å². The third kappa shape index (κ3) is 0.692. The van der Waals surface area contributed by atoms with Crippen LogP contribution in [0, 0.1) is 23.2 Å². The molecule has 4 rings (SSSR count). The van der Waals surface area contributed by atoms with E-state index in [9.17, 15) is 4.79 Å². The van der Waals surface area contributed by atoms with Crippen LogP contribution in [-0.2, 0) is 9.53 Å². The van der Waals surface area contributed by atoms with Crippen molar-refractivity contribution in [2.75, 3.05) is 0 Å². The lowest BCUT2D eigenvalue weighted by atomic mass is 9.72. The molecule has 0 N–H and O–H groups in total. The van der Waals surface area contributed by atoms with Crippen LogP contribution < -0.4 is 0 Å². The van der Waals surface area contributed by atoms with Crippen LogP contribution in [0.5, 0.6) is 0 Å². The summed E-state index contributed by atoms with van der Waals surface area (Å²) < 4.78 is 6.02. The molecule has 2 heteroatoms. The van der Waals surface area contributed by atoms with E-state index in [1.165, 1.54) is 6.42 Å². The van der Waals surface area contributed by atoms with Crippen molar-refractivity contribution in [2.45, 2.75) is 44.8 Å². The number of ether oxygens (including phenoxy) is 1. The van der Waals surface area contributed by atoms with Crippen LogP contribution >= 0.6 is 0 Å². The highest BCUT2D eigenvalue weighted by Gasteiger charge is 2.81. The Balaban J connectivity index is 1.87. The predicted octanol–water partition coefficient (Wildman–Crippen LogP) is 2.34. The maximum Gasteiger partial charge on any atom is 0.162 e. The molecule has 0 amide bonds. The van der Waals surface area contributed by atoms with Crippen LogP contribution in [-0.4, -0.2) is 17.5 Å². The first-order valence-corrected chi connectivity index (χ1v) is 6.40. The second kappa shape index (κ2) is 2.31. The number of hydrogen-bond acceptors (Lipinski definition) is 2. The van der Waals surface area contributed by atoms with Crippen LogP contribution in [0.4, 0.5) is 0 Å². The first-order chi connectivity index (χ1) is 7.50. The summed E-state index contributed by atoms with van der Waals surface area (Å²) in [5.74, 6) is 1.55. The minimum atomic E-state index is 0.0681. The monoisotopic (exact) mass is 218 g/mol. The Morgan fingerprint density at radius 3 is 2.75 bits per heavy atom. The third-order valence-corrected chi connectivity index (χ3v) is 5.97. The lowest BCUT2D eigenvalue weighted by Gasteiger charge is -2.30. The Labute approximate surface area is 96.0 Å². The van der Waals surface area contributed by atoms with Gasteiger partial charge in [-0.2, -0.15) is 0 Å². The van der Waals surface area contributed by atoms with Gasteiger partial charge in [0.2, 0.25) is 0 Å². The van der Waals surface area contributed by atoms with Crippen molar-refractivity contribution in [1.29, 1.82) is 0 Å². The molecule has 1 aliphatic heterocycles. The number of Topliss-reactive ketones (excluding diaryl/α,β-unsaturated/α-hetero) is 1. The van der Waals surface area contributed by atoms with E-state index >= 15 is 0 Å². The van der Waals surface area contributed by atoms with Crippen LogP contribution in [0.25, 0.3) is 0 Å². The fourth-order valence-corrected chi connectivity index (χ4v) is 5.21. The quantitative estimate of drug-likeness (QED) is 0.461. The average molecular weight is 218 g/mol. The molecule has 0 radical (unpaired) electrons. The zero-order chi connectivity index (χ0) is 11.3. The molecule has 3 saturated carbocycles. The van der Waals surface area contributed by atoms with Crippen LogP contribution in [0.1, 0.15) is 33.1 Å². The maximum absolute atomic E-state index is 12.2. The highest BCUT2D eigenvalue weighted by atomic mass is 16.6. The number of carbonyl (C=O) groups is 1. The molecule has 0 aromatic heterocycles. The van der Waals surface area contributed by atoms with Gasteiger partial charge in [0.25, 0.3) is 0 Å². The smallest absolute Gasteiger partial charge is 0.162 e. The molecule has 5 unspecified atom stereocenters. The molecule has 16 heavy (non-hydrogen) atoms. The molecule has 1 heterocycles. The van der Waals surface area contributed by atoms with E-state index in [0.717, 1.165) is 18.4 Å². The zero-order valence-corrected chi connectivity index (χ0v) is 9.95. The van der Waals surface area contributed by atoms with Gasteiger partial charge in [-0.1, -0.05) is 20.4 Å². The second-order valence-corrected chi connectivity index (χ2v) is 6.61. The fraction of sp³-hybridized carbons (Fsp3) is 0.786. The van der Waals surface area contributed by atoms with Crippen molar-refractivity contribution in [3.05, 3.63) is 12.2 Å².